The average molecular weight is 229 g/mol. The summed E-state index contributed by atoms with van der Waals surface area (Å²) in [7, 11) is -4.27. The van der Waals surface area contributed by atoms with Crippen molar-refractivity contribution >= 4 is 13.2 Å². The molecule has 0 radical (unpaired) electrons. The number of rotatable bonds is 2. The van der Waals surface area contributed by atoms with Crippen LogP contribution in [0.15, 0.2) is 0 Å². The SMILES string of the molecule is CCC1[NH+]=C(OC)C1CC.F[B-](F)(F)F. The Bertz CT molecular complexity index is 213. The molecule has 0 aliphatic carbocycles. The zero-order valence-corrected chi connectivity index (χ0v) is 9.07. The molecule has 1 heterocycles. The van der Waals surface area contributed by atoms with Crippen LogP contribution in [0.1, 0.15) is 26.7 Å². The van der Waals surface area contributed by atoms with Gasteiger partial charge in [0.05, 0.1) is 7.11 Å². The van der Waals surface area contributed by atoms with E-state index in [2.05, 4.69) is 18.8 Å². The molecule has 0 saturated heterocycles. The van der Waals surface area contributed by atoms with Gasteiger partial charge in [-0.2, -0.15) is 0 Å². The number of ether oxygens (including phenoxy) is 1. The largest absolute Gasteiger partial charge is 0.673 e. The van der Waals surface area contributed by atoms with Crippen LogP contribution >= 0.6 is 0 Å². The highest BCUT2D eigenvalue weighted by Crippen LogP contribution is 2.13. The zero-order valence-electron chi connectivity index (χ0n) is 9.07. The quantitative estimate of drug-likeness (QED) is 0.558. The summed E-state index contributed by atoms with van der Waals surface area (Å²) in [5.74, 6) is 1.74. The molecule has 0 aromatic rings. The van der Waals surface area contributed by atoms with Gasteiger partial charge in [0.15, 0.2) is 6.04 Å². The summed E-state index contributed by atoms with van der Waals surface area (Å²) in [4.78, 5) is 3.27. The van der Waals surface area contributed by atoms with E-state index in [0.717, 1.165) is 5.90 Å². The lowest BCUT2D eigenvalue weighted by Gasteiger charge is -2.23. The van der Waals surface area contributed by atoms with Crippen LogP contribution in [0.25, 0.3) is 0 Å². The first kappa shape index (κ1) is 14.3. The lowest BCUT2D eigenvalue weighted by molar-refractivity contribution is -0.559. The van der Waals surface area contributed by atoms with Gasteiger partial charge in [0.1, 0.15) is 5.92 Å². The summed E-state index contributed by atoms with van der Waals surface area (Å²) >= 11 is 0. The van der Waals surface area contributed by atoms with Gasteiger partial charge >= 0.3 is 13.2 Å². The second kappa shape index (κ2) is 5.97. The molecule has 2 unspecified atom stereocenters. The Hall–Kier alpha value is -0.745. The number of hydrogen-bond acceptors (Lipinski definition) is 1. The van der Waals surface area contributed by atoms with Gasteiger partial charge in [-0.25, -0.2) is 4.99 Å². The highest BCUT2D eigenvalue weighted by atomic mass is 19.5. The van der Waals surface area contributed by atoms with E-state index in [0.29, 0.717) is 12.0 Å². The second-order valence-corrected chi connectivity index (χ2v) is 3.24. The van der Waals surface area contributed by atoms with Gasteiger partial charge in [-0.05, 0) is 6.42 Å². The van der Waals surface area contributed by atoms with E-state index >= 15 is 0 Å². The fraction of sp³-hybridized carbons (Fsp3) is 0.875. The maximum atomic E-state index is 9.75. The molecule has 0 aromatic carbocycles. The van der Waals surface area contributed by atoms with Crippen LogP contribution in [0, 0.1) is 5.92 Å². The highest BCUT2D eigenvalue weighted by molar-refractivity contribution is 6.50. The van der Waals surface area contributed by atoms with E-state index in [1.165, 1.54) is 12.8 Å². The molecule has 0 amide bonds. The molecular weight excluding hydrogens is 213 g/mol. The van der Waals surface area contributed by atoms with Crippen molar-refractivity contribution in [3.63, 3.8) is 0 Å². The fourth-order valence-electron chi connectivity index (χ4n) is 1.54. The summed E-state index contributed by atoms with van der Waals surface area (Å²) in [5.41, 5.74) is 0. The van der Waals surface area contributed by atoms with Crippen LogP contribution in [0.3, 0.4) is 0 Å². The first-order chi connectivity index (χ1) is 6.83. The number of hydrogen-bond donors (Lipinski definition) is 1. The van der Waals surface area contributed by atoms with Gasteiger partial charge in [0.25, 0.3) is 0 Å². The van der Waals surface area contributed by atoms with Crippen molar-refractivity contribution < 1.29 is 27.0 Å². The molecule has 0 aromatic heterocycles. The van der Waals surface area contributed by atoms with E-state index < -0.39 is 7.25 Å². The van der Waals surface area contributed by atoms with Crippen LogP contribution in [0.2, 0.25) is 0 Å². The minimum Gasteiger partial charge on any atom is -0.451 e. The molecule has 0 fully saturated rings. The third-order valence-corrected chi connectivity index (χ3v) is 2.25. The molecule has 0 bridgehead atoms. The zero-order chi connectivity index (χ0) is 12.1. The molecule has 0 spiro atoms. The number of methoxy groups -OCH3 is 1. The van der Waals surface area contributed by atoms with Crippen LogP contribution < -0.4 is 4.99 Å². The Labute approximate surface area is 86.8 Å². The minimum atomic E-state index is -6.00. The normalized spacial score (nSPS) is 24.6. The Balaban J connectivity index is 0.000000336. The summed E-state index contributed by atoms with van der Waals surface area (Å²) < 4.78 is 44.1. The Morgan fingerprint density at radius 3 is 1.93 bits per heavy atom. The van der Waals surface area contributed by atoms with E-state index in [-0.39, 0.29) is 0 Å². The molecule has 1 N–H and O–H groups in total. The van der Waals surface area contributed by atoms with Crippen LogP contribution in [-0.4, -0.2) is 26.3 Å². The van der Waals surface area contributed by atoms with E-state index in [4.69, 9.17) is 4.74 Å². The van der Waals surface area contributed by atoms with Crippen molar-refractivity contribution in [2.75, 3.05) is 7.11 Å². The molecule has 1 aliphatic heterocycles. The second-order valence-electron chi connectivity index (χ2n) is 3.24. The lowest BCUT2D eigenvalue weighted by atomic mass is 9.90. The maximum Gasteiger partial charge on any atom is 0.673 e. The molecule has 1 aliphatic rings. The summed E-state index contributed by atoms with van der Waals surface area (Å²) in [6.07, 6.45) is 2.39. The van der Waals surface area contributed by atoms with Crippen molar-refractivity contribution in [3.05, 3.63) is 0 Å². The van der Waals surface area contributed by atoms with Crippen LogP contribution in [0.5, 0.6) is 0 Å². The summed E-state index contributed by atoms with van der Waals surface area (Å²) in [5, 5.41) is 0. The first-order valence-corrected chi connectivity index (χ1v) is 4.88. The smallest absolute Gasteiger partial charge is 0.451 e. The lowest BCUT2D eigenvalue weighted by Crippen LogP contribution is -2.92. The molecular formula is C8H16BF4NO. The molecule has 0 saturated carbocycles. The molecule has 90 valence electrons. The van der Waals surface area contributed by atoms with Gasteiger partial charge in [0.2, 0.25) is 0 Å². The Morgan fingerprint density at radius 1 is 1.20 bits per heavy atom. The monoisotopic (exact) mass is 229 g/mol. The van der Waals surface area contributed by atoms with Crippen molar-refractivity contribution in [1.29, 1.82) is 0 Å². The van der Waals surface area contributed by atoms with Crippen LogP contribution in [-0.2, 0) is 4.74 Å². The molecule has 7 heteroatoms. The van der Waals surface area contributed by atoms with Gasteiger partial charge in [0, 0.05) is 6.42 Å². The predicted octanol–water partition coefficient (Wildman–Crippen LogP) is 1.23. The average Bonchev–Trinajstić information content (AvgIpc) is 2.01. The number of halogens is 4. The third kappa shape index (κ3) is 5.64. The predicted molar refractivity (Wildman–Crippen MR) is 51.0 cm³/mol. The van der Waals surface area contributed by atoms with E-state index in [1.54, 1.807) is 7.11 Å². The third-order valence-electron chi connectivity index (χ3n) is 2.25. The molecule has 2 atom stereocenters. The topological polar surface area (TPSA) is 23.2 Å². The number of nitrogens with one attached hydrogen (secondary N) is 1. The molecule has 1 rings (SSSR count). The molecule has 2 nitrogen and oxygen atoms in total. The standard InChI is InChI=1S/C8H15NO.BF4/c1-4-6-7(5-2)9-8(6)10-3;2-1(3,4)5/h6-7H,4-5H2,1-3H3;/q;-1/p+1. The Morgan fingerprint density at radius 2 is 1.67 bits per heavy atom. The fourth-order valence-corrected chi connectivity index (χ4v) is 1.54. The maximum absolute atomic E-state index is 9.75. The summed E-state index contributed by atoms with van der Waals surface area (Å²) in [6, 6.07) is 0.667. The Kier molecular flexibility index (Phi) is 5.68. The van der Waals surface area contributed by atoms with Crippen molar-refractivity contribution in [3.8, 4) is 0 Å². The van der Waals surface area contributed by atoms with Gasteiger partial charge < -0.3 is 22.0 Å². The van der Waals surface area contributed by atoms with Crippen molar-refractivity contribution in [2.45, 2.75) is 32.7 Å². The van der Waals surface area contributed by atoms with Gasteiger partial charge in [-0.1, -0.05) is 13.8 Å². The van der Waals surface area contributed by atoms with Crippen LogP contribution in [0.4, 0.5) is 17.3 Å². The molecule has 15 heavy (non-hydrogen) atoms. The van der Waals surface area contributed by atoms with E-state index in [1.807, 2.05) is 0 Å². The first-order valence-electron chi connectivity index (χ1n) is 4.88. The summed E-state index contributed by atoms with van der Waals surface area (Å²) in [6.45, 7) is 4.40. The van der Waals surface area contributed by atoms with Gasteiger partial charge in [-0.15, -0.1) is 0 Å². The van der Waals surface area contributed by atoms with Gasteiger partial charge in [-0.3, -0.25) is 0 Å². The highest BCUT2D eigenvalue weighted by Gasteiger charge is 2.41. The van der Waals surface area contributed by atoms with Crippen molar-refractivity contribution in [1.82, 2.24) is 0 Å². The van der Waals surface area contributed by atoms with E-state index in [9.17, 15) is 17.3 Å². The van der Waals surface area contributed by atoms with Crippen molar-refractivity contribution in [2.24, 2.45) is 5.92 Å². The minimum absolute atomic E-state index is 0.662.